The number of aromatic nitrogens is 2. The maximum Gasteiger partial charge on any atom is 0.331 e. The monoisotopic (exact) mass is 470 g/mol. The molecule has 0 bridgehead atoms. The van der Waals surface area contributed by atoms with Crippen LogP contribution in [0.1, 0.15) is 52.7 Å². The topological polar surface area (TPSA) is 114 Å². The second-order valence-electron chi connectivity index (χ2n) is 8.23. The van der Waals surface area contributed by atoms with Gasteiger partial charge >= 0.3 is 5.97 Å². The lowest BCUT2D eigenvalue weighted by Crippen LogP contribution is -2.50. The first kappa shape index (κ1) is 28.0. The number of methoxy groups -OCH3 is 1. The van der Waals surface area contributed by atoms with Gasteiger partial charge in [0, 0.05) is 12.6 Å². The normalized spacial score (nSPS) is 14.0. The molecule has 1 aromatic rings. The molecule has 1 aromatic heterocycles. The average molecular weight is 471 g/mol. The van der Waals surface area contributed by atoms with Gasteiger partial charge in [0.2, 0.25) is 11.8 Å². The van der Waals surface area contributed by atoms with Crippen molar-refractivity contribution in [3.05, 3.63) is 18.2 Å². The molecule has 0 aliphatic carbocycles. The summed E-state index contributed by atoms with van der Waals surface area (Å²) < 4.78 is 4.94. The molecule has 3 atom stereocenters. The number of esters is 1. The number of H-pyrrole nitrogens is 1. The lowest BCUT2D eigenvalue weighted by Gasteiger charge is -2.32. The molecule has 10 heteroatoms. The second kappa shape index (κ2) is 14.9. The van der Waals surface area contributed by atoms with Crippen molar-refractivity contribution in [2.75, 3.05) is 25.7 Å². The Balaban J connectivity index is 2.97. The zero-order valence-corrected chi connectivity index (χ0v) is 20.9. The zero-order valence-electron chi connectivity index (χ0n) is 20.1. The van der Waals surface area contributed by atoms with Crippen molar-refractivity contribution in [2.24, 2.45) is 11.8 Å². The third kappa shape index (κ3) is 9.60. The first-order chi connectivity index (χ1) is 15.2. The number of rotatable bonds is 15. The molecule has 0 spiro atoms. The van der Waals surface area contributed by atoms with Gasteiger partial charge in [0.1, 0.15) is 0 Å². The highest BCUT2D eigenvalue weighted by Gasteiger charge is 2.33. The van der Waals surface area contributed by atoms with Crippen LogP contribution in [-0.2, 0) is 30.4 Å². The molecule has 0 saturated heterocycles. The van der Waals surface area contributed by atoms with E-state index in [1.165, 1.54) is 13.4 Å². The van der Waals surface area contributed by atoms with E-state index in [1.807, 2.05) is 34.0 Å². The molecule has 9 nitrogen and oxygen atoms in total. The van der Waals surface area contributed by atoms with Crippen molar-refractivity contribution >= 4 is 29.5 Å². The van der Waals surface area contributed by atoms with Gasteiger partial charge in [-0.15, -0.1) is 0 Å². The highest BCUT2D eigenvalue weighted by atomic mass is 32.2. The number of carbonyl (C=O) groups is 3. The number of hydrogen-bond donors (Lipinski definition) is 2. The number of nitrogens with one attached hydrogen (secondary N) is 2. The molecule has 0 fully saturated rings. The fraction of sp³-hybridized carbons (Fsp3) is 0.727. The van der Waals surface area contributed by atoms with E-state index in [2.05, 4.69) is 15.3 Å². The summed E-state index contributed by atoms with van der Waals surface area (Å²) in [6.45, 7) is 7.96. The van der Waals surface area contributed by atoms with Crippen LogP contribution < -0.4 is 5.32 Å². The second-order valence-corrected chi connectivity index (χ2v) is 9.22. The SMILES string of the molecule is CC[C@H](C)[C@@H](CON(C(=O)CC(C)C)[C@@H](CCSC)C(=O)OC)NC(=O)Cc1c[nH]cn1. The molecule has 0 unspecified atom stereocenters. The Hall–Kier alpha value is -2.07. The van der Waals surface area contributed by atoms with E-state index in [9.17, 15) is 14.4 Å². The van der Waals surface area contributed by atoms with E-state index in [0.29, 0.717) is 17.9 Å². The minimum Gasteiger partial charge on any atom is -0.467 e. The molecule has 182 valence electrons. The van der Waals surface area contributed by atoms with Gasteiger partial charge in [0.25, 0.3) is 0 Å². The summed E-state index contributed by atoms with van der Waals surface area (Å²) in [6, 6.07) is -1.17. The highest BCUT2D eigenvalue weighted by Crippen LogP contribution is 2.17. The van der Waals surface area contributed by atoms with Crippen LogP contribution in [-0.4, -0.2) is 70.6 Å². The van der Waals surface area contributed by atoms with Crippen LogP contribution in [0.3, 0.4) is 0 Å². The van der Waals surface area contributed by atoms with Gasteiger partial charge in [-0.3, -0.25) is 14.4 Å². The van der Waals surface area contributed by atoms with Crippen molar-refractivity contribution < 1.29 is 24.0 Å². The zero-order chi connectivity index (χ0) is 24.1. The smallest absolute Gasteiger partial charge is 0.331 e. The maximum absolute atomic E-state index is 13.0. The van der Waals surface area contributed by atoms with E-state index < -0.39 is 12.0 Å². The Bertz CT molecular complexity index is 699. The number of imidazole rings is 1. The number of aromatic amines is 1. The quantitative estimate of drug-likeness (QED) is 0.299. The summed E-state index contributed by atoms with van der Waals surface area (Å²) in [4.78, 5) is 50.8. The molecule has 1 heterocycles. The number of carbonyl (C=O) groups excluding carboxylic acids is 3. The average Bonchev–Trinajstić information content (AvgIpc) is 3.26. The number of amides is 2. The molecule has 0 aliphatic rings. The first-order valence-corrected chi connectivity index (χ1v) is 12.4. The van der Waals surface area contributed by atoms with Crippen LogP contribution in [0.2, 0.25) is 0 Å². The Labute approximate surface area is 195 Å². The third-order valence-electron chi connectivity index (χ3n) is 5.15. The highest BCUT2D eigenvalue weighted by molar-refractivity contribution is 7.98. The largest absolute Gasteiger partial charge is 0.467 e. The number of hydroxylamine groups is 2. The van der Waals surface area contributed by atoms with E-state index in [-0.39, 0.29) is 49.1 Å². The number of ether oxygens (including phenoxy) is 1. The van der Waals surface area contributed by atoms with Crippen molar-refractivity contribution in [2.45, 2.75) is 65.5 Å². The summed E-state index contributed by atoms with van der Waals surface area (Å²) in [5.41, 5.74) is 0.642. The fourth-order valence-electron chi connectivity index (χ4n) is 3.07. The molecule has 0 aliphatic heterocycles. The molecule has 0 radical (unpaired) electrons. The molecular formula is C22H38N4O5S. The lowest BCUT2D eigenvalue weighted by molar-refractivity contribution is -0.212. The van der Waals surface area contributed by atoms with Crippen LogP contribution >= 0.6 is 11.8 Å². The first-order valence-electron chi connectivity index (χ1n) is 11.0. The summed E-state index contributed by atoms with van der Waals surface area (Å²) >= 11 is 1.58. The van der Waals surface area contributed by atoms with Crippen LogP contribution in [0.25, 0.3) is 0 Å². The Morgan fingerprint density at radius 3 is 2.53 bits per heavy atom. The van der Waals surface area contributed by atoms with Crippen LogP contribution in [0.15, 0.2) is 12.5 Å². The molecule has 2 N–H and O–H groups in total. The van der Waals surface area contributed by atoms with Crippen molar-refractivity contribution in [3.63, 3.8) is 0 Å². The predicted molar refractivity (Wildman–Crippen MR) is 125 cm³/mol. The maximum atomic E-state index is 13.0. The summed E-state index contributed by atoms with van der Waals surface area (Å²) in [6.07, 6.45) is 6.74. The van der Waals surface area contributed by atoms with Gasteiger partial charge in [-0.2, -0.15) is 11.8 Å². The van der Waals surface area contributed by atoms with Gasteiger partial charge < -0.3 is 15.0 Å². The Morgan fingerprint density at radius 2 is 2.00 bits per heavy atom. The van der Waals surface area contributed by atoms with Gasteiger partial charge in [-0.05, 0) is 30.3 Å². The molecule has 1 rings (SSSR count). The van der Waals surface area contributed by atoms with Crippen LogP contribution in [0.4, 0.5) is 0 Å². The van der Waals surface area contributed by atoms with Crippen molar-refractivity contribution in [3.8, 4) is 0 Å². The molecule has 0 saturated carbocycles. The molecule has 2 amide bonds. The summed E-state index contributed by atoms with van der Waals surface area (Å²) in [7, 11) is 1.30. The molecule has 0 aromatic carbocycles. The van der Waals surface area contributed by atoms with Gasteiger partial charge in [-0.1, -0.05) is 34.1 Å². The fourth-order valence-corrected chi connectivity index (χ4v) is 3.53. The van der Waals surface area contributed by atoms with E-state index in [4.69, 9.17) is 9.57 Å². The summed E-state index contributed by atoms with van der Waals surface area (Å²) in [5, 5.41) is 4.15. The van der Waals surface area contributed by atoms with Crippen LogP contribution in [0.5, 0.6) is 0 Å². The Morgan fingerprint density at radius 1 is 1.28 bits per heavy atom. The standard InChI is InChI=1S/C22H38N4O5S/c1-7-16(4)18(25-20(27)11-17-12-23-14-24-17)13-31-26(21(28)10-15(2)3)19(8-9-32-6)22(29)30-5/h12,14-16,18-19H,7-11,13H2,1-6H3,(H,23,24)(H,25,27)/t16-,18+,19-/m0/s1. The van der Waals surface area contributed by atoms with Gasteiger partial charge in [0.05, 0.1) is 38.2 Å². The van der Waals surface area contributed by atoms with Crippen molar-refractivity contribution in [1.29, 1.82) is 0 Å². The number of thioether (sulfide) groups is 1. The molecule has 32 heavy (non-hydrogen) atoms. The van der Waals surface area contributed by atoms with E-state index >= 15 is 0 Å². The minimum absolute atomic E-state index is 0.0674. The lowest BCUT2D eigenvalue weighted by atomic mass is 9.99. The van der Waals surface area contributed by atoms with E-state index in [0.717, 1.165) is 11.5 Å². The number of nitrogens with zero attached hydrogens (tertiary/aromatic N) is 2. The van der Waals surface area contributed by atoms with Crippen LogP contribution in [0, 0.1) is 11.8 Å². The van der Waals surface area contributed by atoms with Gasteiger partial charge in [-0.25, -0.2) is 14.8 Å². The predicted octanol–water partition coefficient (Wildman–Crippen LogP) is 2.58. The minimum atomic E-state index is -0.837. The van der Waals surface area contributed by atoms with Gasteiger partial charge in [0.15, 0.2) is 6.04 Å². The Kier molecular flexibility index (Phi) is 13.0. The van der Waals surface area contributed by atoms with E-state index in [1.54, 1.807) is 18.0 Å². The van der Waals surface area contributed by atoms with Crippen molar-refractivity contribution in [1.82, 2.24) is 20.3 Å². The molecular weight excluding hydrogens is 432 g/mol. The third-order valence-corrected chi connectivity index (χ3v) is 5.79. The summed E-state index contributed by atoms with van der Waals surface area (Å²) in [5.74, 6) is -0.0996. The number of hydrogen-bond acceptors (Lipinski definition) is 7.